The van der Waals surface area contributed by atoms with E-state index in [2.05, 4.69) is 5.43 Å². The molecule has 1 aromatic carbocycles. The number of amides is 3. The van der Waals surface area contributed by atoms with Crippen molar-refractivity contribution in [3.8, 4) is 11.5 Å². The van der Waals surface area contributed by atoms with Crippen LogP contribution in [0.5, 0.6) is 11.5 Å². The van der Waals surface area contributed by atoms with Gasteiger partial charge in [-0.05, 0) is 31.3 Å². The number of carbonyl (C=O) groups is 3. The molecule has 0 saturated carbocycles. The van der Waals surface area contributed by atoms with E-state index in [4.69, 9.17) is 27.4 Å². The number of rotatable bonds is 7. The quantitative estimate of drug-likeness (QED) is 0.642. The minimum atomic E-state index is -0.976. The number of likely N-dealkylation sites (N-methyl/N-ethyl adjacent to an activating group) is 1. The number of benzene rings is 1. The van der Waals surface area contributed by atoms with Gasteiger partial charge < -0.3 is 15.2 Å². The molecule has 1 aromatic rings. The van der Waals surface area contributed by atoms with E-state index in [1.54, 1.807) is 13.0 Å². The first-order chi connectivity index (χ1) is 12.3. The van der Waals surface area contributed by atoms with Gasteiger partial charge in [-0.1, -0.05) is 0 Å². The molecule has 9 nitrogen and oxygen atoms in total. The van der Waals surface area contributed by atoms with Gasteiger partial charge in [-0.2, -0.15) is 0 Å². The highest BCUT2D eigenvalue weighted by Crippen LogP contribution is 2.23. The van der Waals surface area contributed by atoms with Crippen LogP contribution in [-0.2, 0) is 9.59 Å². The molecule has 1 aliphatic heterocycles. The van der Waals surface area contributed by atoms with Crippen LogP contribution in [0.25, 0.3) is 0 Å². The molecule has 1 fully saturated rings. The monoisotopic (exact) mass is 380 g/mol. The first-order valence-corrected chi connectivity index (χ1v) is 8.20. The Balaban J connectivity index is 2.29. The van der Waals surface area contributed by atoms with Crippen molar-refractivity contribution in [3.05, 3.63) is 23.8 Å². The number of methoxy groups -OCH3 is 2. The predicted octanol–water partition coefficient (Wildman–Crippen LogP) is 0.0416. The number of hydrazine groups is 1. The summed E-state index contributed by atoms with van der Waals surface area (Å²) in [6, 6.07) is 3.67. The van der Waals surface area contributed by atoms with E-state index >= 15 is 0 Å². The summed E-state index contributed by atoms with van der Waals surface area (Å²) in [4.78, 5) is 37.7. The van der Waals surface area contributed by atoms with Crippen molar-refractivity contribution in [1.29, 1.82) is 0 Å². The van der Waals surface area contributed by atoms with Crippen LogP contribution in [0, 0.1) is 0 Å². The van der Waals surface area contributed by atoms with Gasteiger partial charge >= 0.3 is 0 Å². The van der Waals surface area contributed by atoms with Crippen molar-refractivity contribution in [3.63, 3.8) is 0 Å². The van der Waals surface area contributed by atoms with Gasteiger partial charge in [-0.15, -0.1) is 0 Å². The van der Waals surface area contributed by atoms with E-state index in [0.717, 1.165) is 0 Å². The van der Waals surface area contributed by atoms with Crippen LogP contribution in [0.4, 0.5) is 0 Å². The molecule has 26 heavy (non-hydrogen) atoms. The Labute approximate surface area is 156 Å². The molecule has 10 heteroatoms. The van der Waals surface area contributed by atoms with Crippen molar-refractivity contribution < 1.29 is 23.9 Å². The lowest BCUT2D eigenvalue weighted by atomic mass is 10.2. The summed E-state index contributed by atoms with van der Waals surface area (Å²) in [6.07, 6.45) is -0.267. The summed E-state index contributed by atoms with van der Waals surface area (Å²) in [5.74, 6) is -0.743. The van der Waals surface area contributed by atoms with E-state index in [1.165, 1.54) is 36.3 Å². The van der Waals surface area contributed by atoms with Crippen LogP contribution in [0.15, 0.2) is 18.2 Å². The maximum atomic E-state index is 12.6. The van der Waals surface area contributed by atoms with Crippen LogP contribution < -0.4 is 20.6 Å². The van der Waals surface area contributed by atoms with Gasteiger partial charge in [-0.3, -0.25) is 24.7 Å². The molecular formula is C16H20N4O5S. The zero-order chi connectivity index (χ0) is 19.4. The normalized spacial score (nSPS) is 16.7. The Kier molecular flexibility index (Phi) is 5.98. The maximum Gasteiger partial charge on any atom is 0.270 e. The van der Waals surface area contributed by atoms with Crippen molar-refractivity contribution >= 4 is 35.1 Å². The van der Waals surface area contributed by atoms with E-state index in [9.17, 15) is 14.4 Å². The number of nitrogens with two attached hydrogens (primary N) is 1. The lowest BCUT2D eigenvalue weighted by molar-refractivity contribution is -0.131. The van der Waals surface area contributed by atoms with Crippen LogP contribution in [0.2, 0.25) is 0 Å². The fourth-order valence-electron chi connectivity index (χ4n) is 2.55. The van der Waals surface area contributed by atoms with Crippen molar-refractivity contribution in [2.24, 2.45) is 5.73 Å². The average molecular weight is 380 g/mol. The van der Waals surface area contributed by atoms with Gasteiger partial charge in [-0.25, -0.2) is 5.01 Å². The molecule has 0 radical (unpaired) electrons. The minimum absolute atomic E-state index is 0.104. The fourth-order valence-corrected chi connectivity index (χ4v) is 2.94. The molecule has 1 atom stereocenters. The molecule has 0 unspecified atom stereocenters. The standard InChI is InChI=1S/C16H20N4O5S/c1-4-19-15(23)12(8-13(17)21)20(16(19)26)18-14(22)9-5-10(24-2)7-11(6-9)25-3/h5-7,12H,4,8H2,1-3H3,(H2,17,21)(H,18,22)/t12-/m1/s1. The second-order valence-electron chi connectivity index (χ2n) is 5.46. The zero-order valence-corrected chi connectivity index (χ0v) is 15.5. The van der Waals surface area contributed by atoms with Gasteiger partial charge in [0, 0.05) is 18.2 Å². The van der Waals surface area contributed by atoms with Crippen LogP contribution in [0.3, 0.4) is 0 Å². The molecule has 3 N–H and O–H groups in total. The molecule has 0 bridgehead atoms. The summed E-state index contributed by atoms with van der Waals surface area (Å²) in [5, 5.41) is 1.30. The van der Waals surface area contributed by atoms with Crippen LogP contribution in [-0.4, -0.2) is 59.5 Å². The first-order valence-electron chi connectivity index (χ1n) is 7.79. The Morgan fingerprint density at radius 3 is 2.27 bits per heavy atom. The Morgan fingerprint density at radius 2 is 1.81 bits per heavy atom. The summed E-state index contributed by atoms with van der Waals surface area (Å²) in [6.45, 7) is 2.05. The number of thiocarbonyl (C=S) groups is 1. The smallest absolute Gasteiger partial charge is 0.270 e. The Morgan fingerprint density at radius 1 is 1.23 bits per heavy atom. The summed E-state index contributed by atoms with van der Waals surface area (Å²) in [7, 11) is 2.93. The van der Waals surface area contributed by atoms with Gasteiger partial charge in [0.15, 0.2) is 5.11 Å². The third kappa shape index (κ3) is 3.85. The van der Waals surface area contributed by atoms with Gasteiger partial charge in [0.1, 0.15) is 17.5 Å². The molecule has 0 aliphatic carbocycles. The molecule has 1 aliphatic rings. The second kappa shape index (κ2) is 8.00. The summed E-state index contributed by atoms with van der Waals surface area (Å²) >= 11 is 5.25. The maximum absolute atomic E-state index is 12.6. The van der Waals surface area contributed by atoms with Gasteiger partial charge in [0.05, 0.1) is 20.6 Å². The highest BCUT2D eigenvalue weighted by atomic mass is 32.1. The van der Waals surface area contributed by atoms with E-state index in [1.807, 2.05) is 0 Å². The SMILES string of the molecule is CCN1C(=O)[C@@H](CC(N)=O)N(NC(=O)c2cc(OC)cc(OC)c2)C1=S. The molecule has 2 rings (SSSR count). The van der Waals surface area contributed by atoms with Crippen LogP contribution in [0.1, 0.15) is 23.7 Å². The average Bonchev–Trinajstić information content (AvgIpc) is 2.84. The molecule has 0 spiro atoms. The van der Waals surface area contributed by atoms with Crippen molar-refractivity contribution in [1.82, 2.24) is 15.3 Å². The summed E-state index contributed by atoms with van der Waals surface area (Å²) in [5.41, 5.74) is 8.03. The van der Waals surface area contributed by atoms with E-state index in [-0.39, 0.29) is 23.0 Å². The molecule has 0 aromatic heterocycles. The number of primary amides is 1. The number of ether oxygens (including phenoxy) is 2. The molecule has 1 heterocycles. The largest absolute Gasteiger partial charge is 0.497 e. The van der Waals surface area contributed by atoms with Crippen LogP contribution >= 0.6 is 12.2 Å². The predicted molar refractivity (Wildman–Crippen MR) is 96.4 cm³/mol. The van der Waals surface area contributed by atoms with E-state index < -0.39 is 17.9 Å². The topological polar surface area (TPSA) is 114 Å². The lowest BCUT2D eigenvalue weighted by Gasteiger charge is -2.24. The molecule has 1 saturated heterocycles. The number of nitrogens with one attached hydrogen (secondary N) is 1. The van der Waals surface area contributed by atoms with Gasteiger partial charge in [0.25, 0.3) is 11.8 Å². The van der Waals surface area contributed by atoms with Crippen molar-refractivity contribution in [2.75, 3.05) is 20.8 Å². The number of hydrogen-bond acceptors (Lipinski definition) is 6. The van der Waals surface area contributed by atoms with Crippen molar-refractivity contribution in [2.45, 2.75) is 19.4 Å². The molecular weight excluding hydrogens is 360 g/mol. The van der Waals surface area contributed by atoms with E-state index in [0.29, 0.717) is 18.0 Å². The number of carbonyl (C=O) groups excluding carboxylic acids is 3. The minimum Gasteiger partial charge on any atom is -0.497 e. The highest BCUT2D eigenvalue weighted by molar-refractivity contribution is 7.80. The zero-order valence-electron chi connectivity index (χ0n) is 14.6. The lowest BCUT2D eigenvalue weighted by Crippen LogP contribution is -2.49. The number of hydrogen-bond donors (Lipinski definition) is 2. The Bertz CT molecular complexity index is 732. The fraction of sp³-hybridized carbons (Fsp3) is 0.375. The third-order valence-corrected chi connectivity index (χ3v) is 4.26. The van der Waals surface area contributed by atoms with Gasteiger partial charge in [0.2, 0.25) is 5.91 Å². The third-order valence-electron chi connectivity index (χ3n) is 3.85. The second-order valence-corrected chi connectivity index (χ2v) is 5.83. The highest BCUT2D eigenvalue weighted by Gasteiger charge is 2.43. The molecule has 140 valence electrons. The first kappa shape index (κ1) is 19.4. The molecule has 3 amide bonds. The summed E-state index contributed by atoms with van der Waals surface area (Å²) < 4.78 is 10.3. The number of nitrogens with zero attached hydrogens (tertiary/aromatic N) is 2. The Hall–Kier alpha value is -2.88.